The van der Waals surface area contributed by atoms with Crippen molar-refractivity contribution in [3.63, 3.8) is 0 Å². The van der Waals surface area contributed by atoms with E-state index in [9.17, 15) is 14.7 Å². The number of phenolic OH excluding ortho intramolecular Hbond substituents is 1. The molecule has 1 aliphatic heterocycles. The average Bonchev–Trinajstić information content (AvgIpc) is 3.04. The molecule has 0 radical (unpaired) electrons. The number of ether oxygens (including phenoxy) is 2. The number of aromatic hydroxyl groups is 1. The highest BCUT2D eigenvalue weighted by Gasteiger charge is 2.33. The van der Waals surface area contributed by atoms with E-state index >= 15 is 0 Å². The van der Waals surface area contributed by atoms with E-state index in [1.54, 1.807) is 43.3 Å². The number of hydrogen-bond donors (Lipinski definition) is 1. The van der Waals surface area contributed by atoms with Crippen LogP contribution in [0.5, 0.6) is 11.5 Å². The van der Waals surface area contributed by atoms with E-state index in [4.69, 9.17) is 9.47 Å². The number of aryl methyl sites for hydroxylation is 1. The van der Waals surface area contributed by atoms with Gasteiger partial charge in [0.15, 0.2) is 5.76 Å². The second-order valence-electron chi connectivity index (χ2n) is 6.91. The molecular weight excluding hydrogens is 370 g/mol. The van der Waals surface area contributed by atoms with Crippen molar-refractivity contribution in [3.8, 4) is 11.5 Å². The summed E-state index contributed by atoms with van der Waals surface area (Å²) < 4.78 is 10.6. The molecule has 0 fully saturated rings. The summed E-state index contributed by atoms with van der Waals surface area (Å²) in [6.07, 6.45) is 1.64. The third-order valence-corrected chi connectivity index (χ3v) is 5.13. The Morgan fingerprint density at radius 2 is 1.86 bits per heavy atom. The fraction of sp³-hybridized carbons (Fsp3) is 0.304. The number of Topliss-reactive ketones (excluding diaryl/α,β-unsaturated/α-hetero) is 1. The number of carbonyl (C=O) groups is 2. The Hall–Kier alpha value is -3.12. The maximum Gasteiger partial charge on any atom is 0.337 e. The Labute approximate surface area is 170 Å². The van der Waals surface area contributed by atoms with Gasteiger partial charge in [0.25, 0.3) is 0 Å². The van der Waals surface area contributed by atoms with Crippen LogP contribution in [0, 0.1) is 6.92 Å². The van der Waals surface area contributed by atoms with Crippen LogP contribution in [0.15, 0.2) is 36.1 Å². The zero-order chi connectivity index (χ0) is 21.1. The topological polar surface area (TPSA) is 76.1 Å². The summed E-state index contributed by atoms with van der Waals surface area (Å²) in [5, 5.41) is 10.5. The quantitative estimate of drug-likeness (QED) is 0.590. The van der Waals surface area contributed by atoms with Gasteiger partial charge in [0.05, 0.1) is 23.8 Å². The van der Waals surface area contributed by atoms with Crippen LogP contribution in [-0.2, 0) is 11.3 Å². The van der Waals surface area contributed by atoms with Gasteiger partial charge in [0.1, 0.15) is 11.5 Å². The van der Waals surface area contributed by atoms with Gasteiger partial charge in [-0.05, 0) is 55.4 Å². The molecule has 0 unspecified atom stereocenters. The summed E-state index contributed by atoms with van der Waals surface area (Å²) in [5.74, 6) is 0.120. The predicted octanol–water partition coefficient (Wildman–Crippen LogP) is 3.95. The largest absolute Gasteiger partial charge is 0.507 e. The molecule has 1 aliphatic rings. The third-order valence-electron chi connectivity index (χ3n) is 5.13. The molecule has 0 bridgehead atoms. The van der Waals surface area contributed by atoms with Gasteiger partial charge in [-0.2, -0.15) is 0 Å². The molecule has 0 atom stereocenters. The van der Waals surface area contributed by atoms with Crippen molar-refractivity contribution in [1.82, 2.24) is 4.90 Å². The first-order valence-electron chi connectivity index (χ1n) is 9.59. The fourth-order valence-electron chi connectivity index (χ4n) is 3.39. The summed E-state index contributed by atoms with van der Waals surface area (Å²) in [5.41, 5.74) is 2.93. The van der Waals surface area contributed by atoms with Gasteiger partial charge >= 0.3 is 5.97 Å². The van der Waals surface area contributed by atoms with Gasteiger partial charge in [0.2, 0.25) is 5.78 Å². The second kappa shape index (κ2) is 8.49. The highest BCUT2D eigenvalue weighted by atomic mass is 16.5. The minimum atomic E-state index is -0.419. The minimum absolute atomic E-state index is 0.129. The number of hydrogen-bond acceptors (Lipinski definition) is 6. The maximum atomic E-state index is 13.0. The lowest BCUT2D eigenvalue weighted by Crippen LogP contribution is -2.22. The number of phenols is 1. The highest BCUT2D eigenvalue weighted by Crippen LogP contribution is 2.42. The number of carbonyl (C=O) groups excluding carboxylic acids is 2. The van der Waals surface area contributed by atoms with Crippen LogP contribution < -0.4 is 4.74 Å². The van der Waals surface area contributed by atoms with Gasteiger partial charge in [-0.3, -0.25) is 9.69 Å². The number of allylic oxidation sites excluding steroid dienone is 1. The lowest BCUT2D eigenvalue weighted by atomic mass is 9.99. The molecule has 1 heterocycles. The zero-order valence-electron chi connectivity index (χ0n) is 17.1. The van der Waals surface area contributed by atoms with E-state index in [0.29, 0.717) is 34.5 Å². The summed E-state index contributed by atoms with van der Waals surface area (Å²) >= 11 is 0. The number of nitrogens with zero attached hydrogens (tertiary/aromatic N) is 1. The second-order valence-corrected chi connectivity index (χ2v) is 6.91. The van der Waals surface area contributed by atoms with Gasteiger partial charge in [-0.15, -0.1) is 0 Å². The molecule has 0 saturated heterocycles. The molecule has 0 aromatic heterocycles. The summed E-state index contributed by atoms with van der Waals surface area (Å²) in [6, 6.07) is 8.33. The Morgan fingerprint density at radius 3 is 2.45 bits per heavy atom. The van der Waals surface area contributed by atoms with Crippen molar-refractivity contribution in [2.75, 3.05) is 20.2 Å². The minimum Gasteiger partial charge on any atom is -0.507 e. The smallest absolute Gasteiger partial charge is 0.337 e. The Bertz CT molecular complexity index is 972. The first-order chi connectivity index (χ1) is 13.9. The Morgan fingerprint density at radius 1 is 1.21 bits per heavy atom. The van der Waals surface area contributed by atoms with Crippen LogP contribution in [-0.4, -0.2) is 42.0 Å². The lowest BCUT2D eigenvalue weighted by molar-refractivity contribution is 0.0600. The highest BCUT2D eigenvalue weighted by molar-refractivity contribution is 6.15. The van der Waals surface area contributed by atoms with Crippen molar-refractivity contribution in [3.05, 3.63) is 63.9 Å². The lowest BCUT2D eigenvalue weighted by Gasteiger charge is -2.20. The van der Waals surface area contributed by atoms with Crippen molar-refractivity contribution >= 4 is 17.8 Å². The molecule has 0 amide bonds. The molecule has 6 heteroatoms. The van der Waals surface area contributed by atoms with Gasteiger partial charge in [-0.25, -0.2) is 4.79 Å². The molecular formula is C23H25NO5. The van der Waals surface area contributed by atoms with Crippen LogP contribution in [0.3, 0.4) is 0 Å². The molecule has 29 heavy (non-hydrogen) atoms. The summed E-state index contributed by atoms with van der Waals surface area (Å²) in [7, 11) is 1.33. The Balaban J connectivity index is 1.96. The van der Waals surface area contributed by atoms with Gasteiger partial charge in [0, 0.05) is 6.54 Å². The first kappa shape index (κ1) is 20.6. The van der Waals surface area contributed by atoms with Crippen LogP contribution in [0.1, 0.15) is 51.3 Å². The standard InChI is InChI=1S/C23H25NO5/c1-5-24(6-2)13-17-18(25)11-14(3)20-21(26)19(29-22(17)20)12-15-7-9-16(10-8-15)23(27)28-4/h7-12,25H,5-6,13H2,1-4H3/b19-12-. The molecule has 152 valence electrons. The van der Waals surface area contributed by atoms with E-state index in [2.05, 4.69) is 4.90 Å². The predicted molar refractivity (Wildman–Crippen MR) is 110 cm³/mol. The van der Waals surface area contributed by atoms with Crippen molar-refractivity contribution in [1.29, 1.82) is 0 Å². The van der Waals surface area contributed by atoms with Crippen LogP contribution in [0.25, 0.3) is 6.08 Å². The normalized spacial score (nSPS) is 14.2. The van der Waals surface area contributed by atoms with E-state index < -0.39 is 5.97 Å². The monoisotopic (exact) mass is 395 g/mol. The van der Waals surface area contributed by atoms with Crippen molar-refractivity contribution in [2.24, 2.45) is 0 Å². The maximum absolute atomic E-state index is 13.0. The average molecular weight is 395 g/mol. The van der Waals surface area contributed by atoms with Crippen molar-refractivity contribution in [2.45, 2.75) is 27.3 Å². The molecule has 0 aliphatic carbocycles. The summed E-state index contributed by atoms with van der Waals surface area (Å²) in [6.45, 7) is 8.02. The fourth-order valence-corrected chi connectivity index (χ4v) is 3.39. The van der Waals surface area contributed by atoms with Gasteiger partial charge in [-0.1, -0.05) is 26.0 Å². The Kier molecular flexibility index (Phi) is 6.03. The zero-order valence-corrected chi connectivity index (χ0v) is 17.1. The van der Waals surface area contributed by atoms with E-state index in [1.165, 1.54) is 7.11 Å². The first-order valence-corrected chi connectivity index (χ1v) is 9.59. The van der Waals surface area contributed by atoms with E-state index in [1.807, 2.05) is 13.8 Å². The molecule has 0 spiro atoms. The van der Waals surface area contributed by atoms with E-state index in [0.717, 1.165) is 18.7 Å². The number of ketones is 1. The molecule has 3 rings (SSSR count). The summed E-state index contributed by atoms with van der Waals surface area (Å²) in [4.78, 5) is 26.7. The van der Waals surface area contributed by atoms with Crippen LogP contribution in [0.2, 0.25) is 0 Å². The van der Waals surface area contributed by atoms with E-state index in [-0.39, 0.29) is 17.3 Å². The number of benzene rings is 2. The molecule has 1 N–H and O–H groups in total. The van der Waals surface area contributed by atoms with Gasteiger partial charge < -0.3 is 14.6 Å². The SMILES string of the molecule is CCN(CC)Cc1c(O)cc(C)c2c1O/C(=C\c1ccc(C(=O)OC)cc1)C2=O. The van der Waals surface area contributed by atoms with Crippen LogP contribution in [0.4, 0.5) is 0 Å². The molecule has 6 nitrogen and oxygen atoms in total. The number of fused-ring (bicyclic) bond motifs is 1. The molecule has 0 saturated carbocycles. The number of rotatable bonds is 6. The third kappa shape index (κ3) is 4.03. The number of methoxy groups -OCH3 is 1. The molecule has 2 aromatic rings. The van der Waals surface area contributed by atoms with Crippen LogP contribution >= 0.6 is 0 Å². The number of esters is 1. The van der Waals surface area contributed by atoms with Crippen molar-refractivity contribution < 1.29 is 24.2 Å². The molecule has 2 aromatic carbocycles.